The van der Waals surface area contributed by atoms with Gasteiger partial charge in [0.15, 0.2) is 0 Å². The second kappa shape index (κ2) is 8.26. The van der Waals surface area contributed by atoms with Gasteiger partial charge in [0.2, 0.25) is 11.8 Å². The third-order valence-corrected chi connectivity index (χ3v) is 2.61. The Kier molecular flexibility index (Phi) is 6.60. The Morgan fingerprint density at radius 1 is 1.05 bits per heavy atom. The molecule has 0 atom stereocenters. The van der Waals surface area contributed by atoms with Gasteiger partial charge in [-0.25, -0.2) is 0 Å². The Hall–Kier alpha value is -1.88. The zero-order valence-corrected chi connectivity index (χ0v) is 11.5. The summed E-state index contributed by atoms with van der Waals surface area (Å²) in [6.45, 7) is 5.51. The van der Waals surface area contributed by atoms with Gasteiger partial charge in [0.25, 0.3) is 0 Å². The van der Waals surface area contributed by atoms with E-state index < -0.39 is 0 Å². The Bertz CT molecular complexity index is 406. The number of hydrogen-bond donors (Lipinski definition) is 2. The van der Waals surface area contributed by atoms with Crippen molar-refractivity contribution in [3.63, 3.8) is 0 Å². The first-order chi connectivity index (χ1) is 9.15. The highest BCUT2D eigenvalue weighted by Gasteiger charge is 2.12. The van der Waals surface area contributed by atoms with Crippen LogP contribution in [0.25, 0.3) is 0 Å². The number of carbonyl (C=O) groups is 2. The molecule has 104 valence electrons. The fraction of sp³-hybridized carbons (Fsp3) is 0.429. The van der Waals surface area contributed by atoms with Gasteiger partial charge in [0.1, 0.15) is 0 Å². The standard InChI is InChI=1S/C14H21N3O2/c1-3-15-13(18)10-17(4-2)11-14(19)16-12-8-6-5-7-9-12/h5-9H,3-4,10-11H2,1-2H3,(H,15,18)(H,16,19). The summed E-state index contributed by atoms with van der Waals surface area (Å²) in [7, 11) is 0. The van der Waals surface area contributed by atoms with E-state index in [4.69, 9.17) is 0 Å². The van der Waals surface area contributed by atoms with Crippen molar-refractivity contribution in [1.29, 1.82) is 0 Å². The van der Waals surface area contributed by atoms with Gasteiger partial charge in [-0.15, -0.1) is 0 Å². The van der Waals surface area contributed by atoms with Crippen molar-refractivity contribution in [2.75, 3.05) is 31.5 Å². The maximum atomic E-state index is 11.8. The molecule has 1 aromatic rings. The third-order valence-electron chi connectivity index (χ3n) is 2.61. The fourth-order valence-corrected chi connectivity index (χ4v) is 1.66. The Morgan fingerprint density at radius 3 is 2.26 bits per heavy atom. The highest BCUT2D eigenvalue weighted by Crippen LogP contribution is 2.04. The van der Waals surface area contributed by atoms with E-state index in [0.29, 0.717) is 13.1 Å². The van der Waals surface area contributed by atoms with Crippen LogP contribution in [0.15, 0.2) is 30.3 Å². The molecule has 5 nitrogen and oxygen atoms in total. The number of amides is 2. The van der Waals surface area contributed by atoms with Gasteiger partial charge in [-0.1, -0.05) is 25.1 Å². The van der Waals surface area contributed by atoms with E-state index in [1.807, 2.05) is 44.2 Å². The normalized spacial score (nSPS) is 10.3. The quantitative estimate of drug-likeness (QED) is 0.774. The summed E-state index contributed by atoms with van der Waals surface area (Å²) in [4.78, 5) is 25.1. The largest absolute Gasteiger partial charge is 0.355 e. The molecule has 2 N–H and O–H groups in total. The van der Waals surface area contributed by atoms with Crippen molar-refractivity contribution >= 4 is 17.5 Å². The van der Waals surface area contributed by atoms with Gasteiger partial charge in [-0.05, 0) is 25.6 Å². The lowest BCUT2D eigenvalue weighted by Gasteiger charge is -2.19. The van der Waals surface area contributed by atoms with Crippen LogP contribution < -0.4 is 10.6 Å². The van der Waals surface area contributed by atoms with Crippen molar-refractivity contribution < 1.29 is 9.59 Å². The van der Waals surface area contributed by atoms with Crippen molar-refractivity contribution in [3.05, 3.63) is 30.3 Å². The molecule has 0 aliphatic rings. The molecular weight excluding hydrogens is 242 g/mol. The Balaban J connectivity index is 2.42. The van der Waals surface area contributed by atoms with E-state index in [2.05, 4.69) is 10.6 Å². The van der Waals surface area contributed by atoms with Crippen LogP contribution in [-0.4, -0.2) is 42.9 Å². The number of nitrogens with one attached hydrogen (secondary N) is 2. The molecule has 0 radical (unpaired) electrons. The zero-order chi connectivity index (χ0) is 14.1. The Morgan fingerprint density at radius 2 is 1.68 bits per heavy atom. The molecule has 1 aromatic carbocycles. The average Bonchev–Trinajstić information content (AvgIpc) is 2.39. The highest BCUT2D eigenvalue weighted by atomic mass is 16.2. The van der Waals surface area contributed by atoms with Crippen LogP contribution in [-0.2, 0) is 9.59 Å². The molecule has 0 saturated carbocycles. The highest BCUT2D eigenvalue weighted by molar-refractivity contribution is 5.92. The van der Waals surface area contributed by atoms with E-state index >= 15 is 0 Å². The first kappa shape index (κ1) is 15.2. The van der Waals surface area contributed by atoms with E-state index in [9.17, 15) is 9.59 Å². The summed E-state index contributed by atoms with van der Waals surface area (Å²) >= 11 is 0. The smallest absolute Gasteiger partial charge is 0.238 e. The summed E-state index contributed by atoms with van der Waals surface area (Å²) in [5.74, 6) is -0.172. The molecule has 0 aromatic heterocycles. The zero-order valence-electron chi connectivity index (χ0n) is 11.5. The summed E-state index contributed by atoms with van der Waals surface area (Å²) in [6, 6.07) is 9.28. The molecule has 0 fully saturated rings. The molecule has 0 bridgehead atoms. The first-order valence-corrected chi connectivity index (χ1v) is 6.49. The molecule has 0 heterocycles. The van der Waals surface area contributed by atoms with Gasteiger partial charge in [-0.3, -0.25) is 14.5 Å². The van der Waals surface area contributed by atoms with Crippen molar-refractivity contribution in [2.24, 2.45) is 0 Å². The van der Waals surface area contributed by atoms with Crippen LogP contribution in [0.5, 0.6) is 0 Å². The molecule has 2 amide bonds. The number of carbonyl (C=O) groups excluding carboxylic acids is 2. The lowest BCUT2D eigenvalue weighted by atomic mass is 10.3. The van der Waals surface area contributed by atoms with Crippen LogP contribution in [0.3, 0.4) is 0 Å². The molecule has 0 aliphatic heterocycles. The molecule has 0 saturated heterocycles. The Labute approximate surface area is 114 Å². The summed E-state index contributed by atoms with van der Waals surface area (Å²) < 4.78 is 0. The maximum absolute atomic E-state index is 11.8. The maximum Gasteiger partial charge on any atom is 0.238 e. The van der Waals surface area contributed by atoms with Crippen LogP contribution in [0.2, 0.25) is 0 Å². The number of benzene rings is 1. The molecule has 1 rings (SSSR count). The van der Waals surface area contributed by atoms with Crippen LogP contribution in [0, 0.1) is 0 Å². The fourth-order valence-electron chi connectivity index (χ4n) is 1.66. The van der Waals surface area contributed by atoms with E-state index in [1.165, 1.54) is 0 Å². The molecule has 0 aliphatic carbocycles. The summed E-state index contributed by atoms with van der Waals surface area (Å²) in [5, 5.41) is 5.52. The molecule has 5 heteroatoms. The van der Waals surface area contributed by atoms with Gasteiger partial charge in [-0.2, -0.15) is 0 Å². The molecule has 0 spiro atoms. The number of para-hydroxylation sites is 1. The van der Waals surface area contributed by atoms with Crippen LogP contribution in [0.1, 0.15) is 13.8 Å². The minimum absolute atomic E-state index is 0.0585. The third kappa shape index (κ3) is 6.01. The summed E-state index contributed by atoms with van der Waals surface area (Å²) in [5.41, 5.74) is 0.765. The predicted molar refractivity (Wildman–Crippen MR) is 75.9 cm³/mol. The van der Waals surface area contributed by atoms with Crippen LogP contribution >= 0.6 is 0 Å². The predicted octanol–water partition coefficient (Wildman–Crippen LogP) is 1.08. The van der Waals surface area contributed by atoms with E-state index in [-0.39, 0.29) is 24.9 Å². The van der Waals surface area contributed by atoms with Gasteiger partial charge >= 0.3 is 0 Å². The van der Waals surface area contributed by atoms with Gasteiger partial charge in [0.05, 0.1) is 13.1 Å². The molecule has 0 unspecified atom stereocenters. The minimum atomic E-state index is -0.114. The lowest BCUT2D eigenvalue weighted by Crippen LogP contribution is -2.40. The average molecular weight is 263 g/mol. The van der Waals surface area contributed by atoms with Crippen LogP contribution in [0.4, 0.5) is 5.69 Å². The van der Waals surface area contributed by atoms with E-state index in [0.717, 1.165) is 5.69 Å². The van der Waals surface area contributed by atoms with E-state index in [1.54, 1.807) is 4.90 Å². The number of likely N-dealkylation sites (N-methyl/N-ethyl adjacent to an activating group) is 2. The topological polar surface area (TPSA) is 61.4 Å². The van der Waals surface area contributed by atoms with Crippen molar-refractivity contribution in [2.45, 2.75) is 13.8 Å². The second-order valence-corrected chi connectivity index (χ2v) is 4.17. The number of rotatable bonds is 7. The first-order valence-electron chi connectivity index (χ1n) is 6.49. The SMILES string of the molecule is CCNC(=O)CN(CC)CC(=O)Nc1ccccc1. The molecular formula is C14H21N3O2. The minimum Gasteiger partial charge on any atom is -0.355 e. The molecule has 19 heavy (non-hydrogen) atoms. The number of nitrogens with zero attached hydrogens (tertiary/aromatic N) is 1. The number of anilines is 1. The number of hydrogen-bond acceptors (Lipinski definition) is 3. The summed E-state index contributed by atoms with van der Waals surface area (Å²) in [6.07, 6.45) is 0. The second-order valence-electron chi connectivity index (χ2n) is 4.17. The monoisotopic (exact) mass is 263 g/mol. The van der Waals surface area contributed by atoms with Gasteiger partial charge < -0.3 is 10.6 Å². The van der Waals surface area contributed by atoms with Crippen molar-refractivity contribution in [3.8, 4) is 0 Å². The van der Waals surface area contributed by atoms with Crippen molar-refractivity contribution in [1.82, 2.24) is 10.2 Å². The lowest BCUT2D eigenvalue weighted by molar-refractivity contribution is -0.123. The van der Waals surface area contributed by atoms with Gasteiger partial charge in [0, 0.05) is 12.2 Å².